The number of hydrogen-bond donors (Lipinski definition) is 1. The Morgan fingerprint density at radius 2 is 1.94 bits per heavy atom. The van der Waals surface area contributed by atoms with E-state index in [0.717, 1.165) is 10.8 Å². The molecule has 0 saturated carbocycles. The Kier molecular flexibility index (Phi) is 3.37. The van der Waals surface area contributed by atoms with E-state index in [1.807, 2.05) is 30.3 Å². The standard InChI is InChI=1S/C14H14O4/c1-17-12-7-9-5-3-4-6-10(9)11(8-13(15)16)14(12)18-2/h3-7H,8H2,1-2H3,(H,15,16). The van der Waals surface area contributed by atoms with E-state index in [0.29, 0.717) is 17.1 Å². The maximum atomic E-state index is 11.0. The lowest BCUT2D eigenvalue weighted by atomic mass is 10.0. The normalized spacial score (nSPS) is 10.3. The molecule has 0 bridgehead atoms. The molecule has 2 rings (SSSR count). The lowest BCUT2D eigenvalue weighted by molar-refractivity contribution is -0.136. The first-order valence-electron chi connectivity index (χ1n) is 5.51. The molecule has 0 amide bonds. The van der Waals surface area contributed by atoms with Crippen LogP contribution in [0.1, 0.15) is 5.56 Å². The number of aliphatic carboxylic acids is 1. The van der Waals surface area contributed by atoms with Gasteiger partial charge in [-0.1, -0.05) is 24.3 Å². The van der Waals surface area contributed by atoms with Crippen molar-refractivity contribution in [1.82, 2.24) is 0 Å². The number of methoxy groups -OCH3 is 2. The lowest BCUT2D eigenvalue weighted by Gasteiger charge is -2.14. The maximum absolute atomic E-state index is 11.0. The number of carboxylic acid groups (broad SMARTS) is 1. The largest absolute Gasteiger partial charge is 0.493 e. The van der Waals surface area contributed by atoms with Gasteiger partial charge >= 0.3 is 5.97 Å². The molecule has 2 aromatic carbocycles. The monoisotopic (exact) mass is 246 g/mol. The van der Waals surface area contributed by atoms with Gasteiger partial charge in [0.1, 0.15) is 0 Å². The van der Waals surface area contributed by atoms with Crippen LogP contribution in [0, 0.1) is 0 Å². The molecule has 0 aliphatic carbocycles. The minimum atomic E-state index is -0.897. The number of benzene rings is 2. The number of ether oxygens (including phenoxy) is 2. The summed E-state index contributed by atoms with van der Waals surface area (Å²) in [5.41, 5.74) is 0.639. The van der Waals surface area contributed by atoms with Gasteiger partial charge < -0.3 is 14.6 Å². The Balaban J connectivity index is 2.77. The van der Waals surface area contributed by atoms with E-state index in [1.54, 1.807) is 0 Å². The SMILES string of the molecule is COc1cc2ccccc2c(CC(=O)O)c1OC. The van der Waals surface area contributed by atoms with Gasteiger partial charge in [0.05, 0.1) is 20.6 Å². The third-order valence-corrected chi connectivity index (χ3v) is 2.82. The van der Waals surface area contributed by atoms with Crippen molar-refractivity contribution in [1.29, 1.82) is 0 Å². The predicted octanol–water partition coefficient (Wildman–Crippen LogP) is 2.48. The Morgan fingerprint density at radius 3 is 2.56 bits per heavy atom. The summed E-state index contributed by atoms with van der Waals surface area (Å²) in [6.07, 6.45) is -0.0963. The minimum absolute atomic E-state index is 0.0963. The first kappa shape index (κ1) is 12.2. The highest BCUT2D eigenvalue weighted by atomic mass is 16.5. The zero-order chi connectivity index (χ0) is 13.1. The summed E-state index contributed by atoms with van der Waals surface area (Å²) in [7, 11) is 3.05. The first-order valence-corrected chi connectivity index (χ1v) is 5.51. The van der Waals surface area contributed by atoms with Crippen LogP contribution in [0.25, 0.3) is 10.8 Å². The predicted molar refractivity (Wildman–Crippen MR) is 68.4 cm³/mol. The van der Waals surface area contributed by atoms with E-state index in [2.05, 4.69) is 0 Å². The van der Waals surface area contributed by atoms with Crippen molar-refractivity contribution >= 4 is 16.7 Å². The molecule has 0 aliphatic rings. The highest BCUT2D eigenvalue weighted by molar-refractivity contribution is 5.92. The highest BCUT2D eigenvalue weighted by Gasteiger charge is 2.16. The van der Waals surface area contributed by atoms with Crippen LogP contribution in [-0.2, 0) is 11.2 Å². The molecular formula is C14H14O4. The smallest absolute Gasteiger partial charge is 0.307 e. The van der Waals surface area contributed by atoms with Gasteiger partial charge in [-0.25, -0.2) is 0 Å². The summed E-state index contributed by atoms with van der Waals surface area (Å²) >= 11 is 0. The minimum Gasteiger partial charge on any atom is -0.493 e. The van der Waals surface area contributed by atoms with E-state index in [1.165, 1.54) is 14.2 Å². The fourth-order valence-corrected chi connectivity index (χ4v) is 2.08. The van der Waals surface area contributed by atoms with Crippen LogP contribution in [0.15, 0.2) is 30.3 Å². The molecule has 2 aromatic rings. The average molecular weight is 246 g/mol. The van der Waals surface area contributed by atoms with Crippen LogP contribution in [0.3, 0.4) is 0 Å². The fourth-order valence-electron chi connectivity index (χ4n) is 2.08. The zero-order valence-corrected chi connectivity index (χ0v) is 10.3. The van der Waals surface area contributed by atoms with Crippen molar-refractivity contribution in [2.24, 2.45) is 0 Å². The first-order chi connectivity index (χ1) is 8.67. The van der Waals surface area contributed by atoms with Crippen molar-refractivity contribution in [3.05, 3.63) is 35.9 Å². The molecular weight excluding hydrogens is 232 g/mol. The lowest BCUT2D eigenvalue weighted by Crippen LogP contribution is -2.04. The molecule has 0 saturated heterocycles. The summed E-state index contributed by atoms with van der Waals surface area (Å²) in [6, 6.07) is 9.43. The Labute approximate surface area is 105 Å². The summed E-state index contributed by atoms with van der Waals surface area (Å²) in [5, 5.41) is 10.8. The van der Waals surface area contributed by atoms with Gasteiger partial charge in [0.15, 0.2) is 11.5 Å². The second-order valence-electron chi connectivity index (χ2n) is 3.88. The average Bonchev–Trinajstić information content (AvgIpc) is 2.37. The van der Waals surface area contributed by atoms with Crippen molar-refractivity contribution in [3.63, 3.8) is 0 Å². The van der Waals surface area contributed by atoms with Crippen LogP contribution in [0.4, 0.5) is 0 Å². The summed E-state index contributed by atoms with van der Waals surface area (Å²) in [6.45, 7) is 0. The molecule has 0 spiro atoms. The Hall–Kier alpha value is -2.23. The third kappa shape index (κ3) is 2.09. The molecule has 94 valence electrons. The van der Waals surface area contributed by atoms with E-state index in [-0.39, 0.29) is 6.42 Å². The summed E-state index contributed by atoms with van der Waals surface area (Å²) < 4.78 is 10.5. The molecule has 18 heavy (non-hydrogen) atoms. The van der Waals surface area contributed by atoms with Crippen molar-refractivity contribution < 1.29 is 19.4 Å². The number of rotatable bonds is 4. The molecule has 0 atom stereocenters. The van der Waals surface area contributed by atoms with Crippen LogP contribution >= 0.6 is 0 Å². The molecule has 0 aromatic heterocycles. The zero-order valence-electron chi connectivity index (χ0n) is 10.3. The van der Waals surface area contributed by atoms with Gasteiger partial charge in [-0.15, -0.1) is 0 Å². The van der Waals surface area contributed by atoms with Gasteiger partial charge in [-0.3, -0.25) is 4.79 Å². The molecule has 0 fully saturated rings. The van der Waals surface area contributed by atoms with E-state index < -0.39 is 5.97 Å². The summed E-state index contributed by atoms with van der Waals surface area (Å²) in [5.74, 6) is 0.137. The van der Waals surface area contributed by atoms with E-state index in [9.17, 15) is 4.79 Å². The highest BCUT2D eigenvalue weighted by Crippen LogP contribution is 2.37. The maximum Gasteiger partial charge on any atom is 0.307 e. The van der Waals surface area contributed by atoms with Crippen LogP contribution in [-0.4, -0.2) is 25.3 Å². The number of carbonyl (C=O) groups is 1. The molecule has 4 nitrogen and oxygen atoms in total. The molecule has 4 heteroatoms. The van der Waals surface area contributed by atoms with Gasteiger partial charge in [-0.05, 0) is 16.8 Å². The Bertz CT molecular complexity index is 590. The number of carboxylic acids is 1. The number of hydrogen-bond acceptors (Lipinski definition) is 3. The van der Waals surface area contributed by atoms with Crippen molar-refractivity contribution in [2.75, 3.05) is 14.2 Å². The molecule has 0 unspecified atom stereocenters. The quantitative estimate of drug-likeness (QED) is 0.900. The second kappa shape index (κ2) is 4.96. The number of fused-ring (bicyclic) bond motifs is 1. The van der Waals surface area contributed by atoms with Gasteiger partial charge in [0.2, 0.25) is 0 Å². The molecule has 1 N–H and O–H groups in total. The van der Waals surface area contributed by atoms with Crippen LogP contribution < -0.4 is 9.47 Å². The molecule has 0 aliphatic heterocycles. The van der Waals surface area contributed by atoms with E-state index in [4.69, 9.17) is 14.6 Å². The van der Waals surface area contributed by atoms with Gasteiger partial charge in [0, 0.05) is 5.56 Å². The van der Waals surface area contributed by atoms with Crippen molar-refractivity contribution in [3.8, 4) is 11.5 Å². The van der Waals surface area contributed by atoms with Gasteiger partial charge in [0.25, 0.3) is 0 Å². The second-order valence-corrected chi connectivity index (χ2v) is 3.88. The molecule has 0 heterocycles. The van der Waals surface area contributed by atoms with Crippen LogP contribution in [0.2, 0.25) is 0 Å². The summed E-state index contributed by atoms with van der Waals surface area (Å²) in [4.78, 5) is 11.0. The fraction of sp³-hybridized carbons (Fsp3) is 0.214. The van der Waals surface area contributed by atoms with Crippen LogP contribution in [0.5, 0.6) is 11.5 Å². The Morgan fingerprint density at radius 1 is 1.22 bits per heavy atom. The molecule has 0 radical (unpaired) electrons. The topological polar surface area (TPSA) is 55.8 Å². The van der Waals surface area contributed by atoms with E-state index >= 15 is 0 Å². The van der Waals surface area contributed by atoms with Crippen molar-refractivity contribution in [2.45, 2.75) is 6.42 Å². The van der Waals surface area contributed by atoms with Gasteiger partial charge in [-0.2, -0.15) is 0 Å². The third-order valence-electron chi connectivity index (χ3n) is 2.82.